The molecule has 1 aromatic carbocycles. The Labute approximate surface area is 85.7 Å². The van der Waals surface area contributed by atoms with Crippen molar-refractivity contribution < 1.29 is 0 Å². The molecule has 0 aromatic heterocycles. The number of hydrogen-bond donors (Lipinski definition) is 1. The monoisotopic (exact) mass is 190 g/mol. The highest BCUT2D eigenvalue weighted by atomic mass is 15.2. The summed E-state index contributed by atoms with van der Waals surface area (Å²) in [5.41, 5.74) is 8.63. The van der Waals surface area contributed by atoms with Crippen LogP contribution in [0.1, 0.15) is 18.9 Å². The van der Waals surface area contributed by atoms with Crippen LogP contribution < -0.4 is 10.6 Å². The summed E-state index contributed by atoms with van der Waals surface area (Å²) >= 11 is 0. The third kappa shape index (κ3) is 1.90. The van der Waals surface area contributed by atoms with Gasteiger partial charge in [0.2, 0.25) is 0 Å². The molecule has 0 bridgehead atoms. The van der Waals surface area contributed by atoms with Crippen molar-refractivity contribution in [3.63, 3.8) is 0 Å². The van der Waals surface area contributed by atoms with Gasteiger partial charge in [0.1, 0.15) is 0 Å². The van der Waals surface area contributed by atoms with Crippen molar-refractivity contribution >= 4 is 5.69 Å². The molecule has 1 unspecified atom stereocenters. The van der Waals surface area contributed by atoms with Crippen molar-refractivity contribution in [3.8, 4) is 0 Å². The second-order valence-electron chi connectivity index (χ2n) is 4.02. The zero-order valence-corrected chi connectivity index (χ0v) is 8.74. The molecule has 1 atom stereocenters. The van der Waals surface area contributed by atoms with Gasteiger partial charge in [-0.25, -0.2) is 0 Å². The van der Waals surface area contributed by atoms with Crippen LogP contribution in [-0.4, -0.2) is 19.1 Å². The number of anilines is 1. The van der Waals surface area contributed by atoms with Gasteiger partial charge in [-0.15, -0.1) is 0 Å². The fourth-order valence-corrected chi connectivity index (χ4v) is 1.99. The summed E-state index contributed by atoms with van der Waals surface area (Å²) in [6.45, 7) is 4.30. The van der Waals surface area contributed by atoms with E-state index < -0.39 is 0 Å². The van der Waals surface area contributed by atoms with Gasteiger partial charge in [0.15, 0.2) is 0 Å². The lowest BCUT2D eigenvalue weighted by molar-refractivity contribution is 0.752. The van der Waals surface area contributed by atoms with E-state index in [0.717, 1.165) is 25.9 Å². The summed E-state index contributed by atoms with van der Waals surface area (Å²) in [6.07, 6.45) is 2.23. The first-order valence-electron chi connectivity index (χ1n) is 5.39. The lowest BCUT2D eigenvalue weighted by Gasteiger charge is -2.18. The highest BCUT2D eigenvalue weighted by Gasteiger charge is 2.18. The molecule has 0 aliphatic carbocycles. The van der Waals surface area contributed by atoms with Crippen LogP contribution in [0.3, 0.4) is 0 Å². The van der Waals surface area contributed by atoms with E-state index in [1.807, 2.05) is 0 Å². The van der Waals surface area contributed by atoms with Gasteiger partial charge >= 0.3 is 0 Å². The van der Waals surface area contributed by atoms with Crippen molar-refractivity contribution in [1.82, 2.24) is 0 Å². The van der Waals surface area contributed by atoms with E-state index in [1.165, 1.54) is 11.3 Å². The lowest BCUT2D eigenvalue weighted by atomic mass is 10.1. The molecule has 1 heterocycles. The molecule has 1 aliphatic rings. The molecule has 2 rings (SSSR count). The Bertz CT molecular complexity index is 309. The van der Waals surface area contributed by atoms with Crippen LogP contribution in [0, 0.1) is 0 Å². The third-order valence-corrected chi connectivity index (χ3v) is 2.91. The standard InChI is InChI=1S/C12H18N2/c1-2-10-4-3-5-12(8-10)14-7-6-11(13)9-14/h3-5,8,11H,2,6-7,9,13H2,1H3. The van der Waals surface area contributed by atoms with Crippen LogP contribution in [0.25, 0.3) is 0 Å². The first kappa shape index (κ1) is 9.53. The van der Waals surface area contributed by atoms with Crippen LogP contribution in [0.5, 0.6) is 0 Å². The molecule has 0 radical (unpaired) electrons. The topological polar surface area (TPSA) is 29.3 Å². The molecular weight excluding hydrogens is 172 g/mol. The molecule has 0 saturated carbocycles. The molecule has 1 saturated heterocycles. The maximum Gasteiger partial charge on any atom is 0.0369 e. The minimum Gasteiger partial charge on any atom is -0.370 e. The summed E-state index contributed by atoms with van der Waals surface area (Å²) in [5, 5.41) is 0. The molecular formula is C12H18N2. The second-order valence-corrected chi connectivity index (χ2v) is 4.02. The van der Waals surface area contributed by atoms with Gasteiger partial charge in [0, 0.05) is 24.8 Å². The molecule has 0 amide bonds. The van der Waals surface area contributed by atoms with Crippen molar-refractivity contribution in [2.45, 2.75) is 25.8 Å². The van der Waals surface area contributed by atoms with Crippen LogP contribution in [0.4, 0.5) is 5.69 Å². The Balaban J connectivity index is 2.15. The van der Waals surface area contributed by atoms with Crippen LogP contribution in [0.15, 0.2) is 24.3 Å². The van der Waals surface area contributed by atoms with Gasteiger partial charge < -0.3 is 10.6 Å². The first-order chi connectivity index (χ1) is 6.79. The van der Waals surface area contributed by atoms with Crippen molar-refractivity contribution in [2.24, 2.45) is 5.73 Å². The summed E-state index contributed by atoms with van der Waals surface area (Å²) in [6, 6.07) is 9.13. The molecule has 1 aromatic rings. The average molecular weight is 190 g/mol. The minimum absolute atomic E-state index is 0.361. The lowest BCUT2D eigenvalue weighted by Crippen LogP contribution is -2.26. The summed E-state index contributed by atoms with van der Waals surface area (Å²) < 4.78 is 0. The van der Waals surface area contributed by atoms with Gasteiger partial charge in [-0.3, -0.25) is 0 Å². The summed E-state index contributed by atoms with van der Waals surface area (Å²) in [4.78, 5) is 2.38. The molecule has 0 spiro atoms. The van der Waals surface area contributed by atoms with E-state index in [0.29, 0.717) is 6.04 Å². The molecule has 2 nitrogen and oxygen atoms in total. The normalized spacial score (nSPS) is 21.6. The van der Waals surface area contributed by atoms with Crippen LogP contribution >= 0.6 is 0 Å². The summed E-state index contributed by atoms with van der Waals surface area (Å²) in [7, 11) is 0. The zero-order valence-electron chi connectivity index (χ0n) is 8.74. The van der Waals surface area contributed by atoms with Gasteiger partial charge in [-0.2, -0.15) is 0 Å². The largest absolute Gasteiger partial charge is 0.370 e. The predicted molar refractivity (Wildman–Crippen MR) is 60.6 cm³/mol. The van der Waals surface area contributed by atoms with E-state index in [2.05, 4.69) is 36.1 Å². The van der Waals surface area contributed by atoms with Gasteiger partial charge in [-0.05, 0) is 30.5 Å². The summed E-state index contributed by atoms with van der Waals surface area (Å²) in [5.74, 6) is 0. The Hall–Kier alpha value is -1.02. The number of nitrogens with two attached hydrogens (primary N) is 1. The number of hydrogen-bond acceptors (Lipinski definition) is 2. The quantitative estimate of drug-likeness (QED) is 0.770. The maximum atomic E-state index is 5.89. The minimum atomic E-state index is 0.361. The smallest absolute Gasteiger partial charge is 0.0369 e. The molecule has 1 aliphatic heterocycles. The zero-order chi connectivity index (χ0) is 9.97. The molecule has 1 fully saturated rings. The Morgan fingerprint density at radius 3 is 3.00 bits per heavy atom. The SMILES string of the molecule is CCc1cccc(N2CCC(N)C2)c1. The second kappa shape index (κ2) is 4.01. The van der Waals surface area contributed by atoms with Crippen molar-refractivity contribution in [1.29, 1.82) is 0 Å². The molecule has 2 N–H and O–H groups in total. The highest BCUT2D eigenvalue weighted by Crippen LogP contribution is 2.20. The fourth-order valence-electron chi connectivity index (χ4n) is 1.99. The van der Waals surface area contributed by atoms with Gasteiger partial charge in [0.05, 0.1) is 0 Å². The van der Waals surface area contributed by atoms with Crippen LogP contribution in [0.2, 0.25) is 0 Å². The molecule has 2 heteroatoms. The van der Waals surface area contributed by atoms with E-state index in [4.69, 9.17) is 5.73 Å². The molecule has 14 heavy (non-hydrogen) atoms. The molecule has 76 valence electrons. The van der Waals surface area contributed by atoms with Gasteiger partial charge in [0.25, 0.3) is 0 Å². The van der Waals surface area contributed by atoms with E-state index in [9.17, 15) is 0 Å². The van der Waals surface area contributed by atoms with E-state index in [-0.39, 0.29) is 0 Å². The van der Waals surface area contributed by atoms with E-state index >= 15 is 0 Å². The number of nitrogens with zero attached hydrogens (tertiary/aromatic N) is 1. The van der Waals surface area contributed by atoms with E-state index in [1.54, 1.807) is 0 Å². The fraction of sp³-hybridized carbons (Fsp3) is 0.500. The number of benzene rings is 1. The maximum absolute atomic E-state index is 5.89. The average Bonchev–Trinajstić information content (AvgIpc) is 2.65. The van der Waals surface area contributed by atoms with Gasteiger partial charge in [-0.1, -0.05) is 19.1 Å². The van der Waals surface area contributed by atoms with Crippen LogP contribution in [-0.2, 0) is 6.42 Å². The number of rotatable bonds is 2. The van der Waals surface area contributed by atoms with Crippen molar-refractivity contribution in [2.75, 3.05) is 18.0 Å². The Morgan fingerprint density at radius 1 is 1.50 bits per heavy atom. The first-order valence-corrected chi connectivity index (χ1v) is 5.39. The Morgan fingerprint density at radius 2 is 2.36 bits per heavy atom. The Kier molecular flexibility index (Phi) is 2.73. The highest BCUT2D eigenvalue weighted by molar-refractivity contribution is 5.49. The third-order valence-electron chi connectivity index (χ3n) is 2.91. The number of aryl methyl sites for hydroxylation is 1. The predicted octanol–water partition coefficient (Wildman–Crippen LogP) is 1.79. The van der Waals surface area contributed by atoms with Crippen molar-refractivity contribution in [3.05, 3.63) is 29.8 Å².